The standard InChI is InChI=1S/C16H13ClFN3OS/c1-9(15(22)19-12-7-6-10(18)8-11(12)17)23-16-20-13-4-2-3-5-14(13)21-16/h2-9H,1H3,(H,19,22)(H,20,21)/t9-/m1/s1. The lowest BCUT2D eigenvalue weighted by molar-refractivity contribution is -0.115. The molecule has 0 aliphatic rings. The number of nitrogens with zero attached hydrogens (tertiary/aromatic N) is 1. The van der Waals surface area contributed by atoms with E-state index in [0.717, 1.165) is 17.1 Å². The predicted molar refractivity (Wildman–Crippen MR) is 91.5 cm³/mol. The number of anilines is 1. The first-order valence-corrected chi connectivity index (χ1v) is 8.16. The van der Waals surface area contributed by atoms with Crippen molar-refractivity contribution in [2.24, 2.45) is 0 Å². The third-order valence-electron chi connectivity index (χ3n) is 3.21. The summed E-state index contributed by atoms with van der Waals surface area (Å²) in [5.41, 5.74) is 2.16. The first kappa shape index (κ1) is 15.8. The largest absolute Gasteiger partial charge is 0.333 e. The van der Waals surface area contributed by atoms with E-state index in [4.69, 9.17) is 11.6 Å². The molecule has 0 aliphatic carbocycles. The van der Waals surface area contributed by atoms with E-state index in [2.05, 4.69) is 15.3 Å². The van der Waals surface area contributed by atoms with Crippen LogP contribution in [0.2, 0.25) is 5.02 Å². The van der Waals surface area contributed by atoms with Gasteiger partial charge < -0.3 is 10.3 Å². The van der Waals surface area contributed by atoms with Gasteiger partial charge in [-0.1, -0.05) is 35.5 Å². The minimum atomic E-state index is -0.447. The van der Waals surface area contributed by atoms with Gasteiger partial charge in [0.1, 0.15) is 5.82 Å². The molecule has 7 heteroatoms. The number of hydrogen-bond acceptors (Lipinski definition) is 3. The van der Waals surface area contributed by atoms with Crippen molar-refractivity contribution in [1.29, 1.82) is 0 Å². The SMILES string of the molecule is C[C@@H](Sc1nc2ccccc2[nH]1)C(=O)Nc1ccc(F)cc1Cl. The molecule has 0 unspecified atom stereocenters. The van der Waals surface area contributed by atoms with Gasteiger partial charge in [0.2, 0.25) is 5.91 Å². The van der Waals surface area contributed by atoms with Gasteiger partial charge in [-0.2, -0.15) is 0 Å². The Morgan fingerprint density at radius 2 is 2.13 bits per heavy atom. The van der Waals surface area contributed by atoms with Crippen molar-refractivity contribution in [3.8, 4) is 0 Å². The summed E-state index contributed by atoms with van der Waals surface area (Å²) in [4.78, 5) is 19.8. The van der Waals surface area contributed by atoms with Gasteiger partial charge in [0.25, 0.3) is 0 Å². The Morgan fingerprint density at radius 3 is 2.87 bits per heavy atom. The van der Waals surface area contributed by atoms with Crippen LogP contribution in [-0.4, -0.2) is 21.1 Å². The molecule has 118 valence electrons. The number of aromatic nitrogens is 2. The number of aromatic amines is 1. The summed E-state index contributed by atoms with van der Waals surface area (Å²) in [5, 5.41) is 3.13. The van der Waals surface area contributed by atoms with E-state index in [0.29, 0.717) is 10.8 Å². The summed E-state index contributed by atoms with van der Waals surface area (Å²) in [5.74, 6) is -0.679. The third-order valence-corrected chi connectivity index (χ3v) is 4.51. The quantitative estimate of drug-likeness (QED) is 0.683. The number of H-pyrrole nitrogens is 1. The van der Waals surface area contributed by atoms with E-state index in [-0.39, 0.29) is 10.9 Å². The van der Waals surface area contributed by atoms with Gasteiger partial charge in [0.05, 0.1) is 27.0 Å². The number of rotatable bonds is 4. The molecular weight excluding hydrogens is 337 g/mol. The highest BCUT2D eigenvalue weighted by Gasteiger charge is 2.17. The molecule has 0 saturated carbocycles. The summed E-state index contributed by atoms with van der Waals surface area (Å²) < 4.78 is 13.0. The molecule has 0 fully saturated rings. The van der Waals surface area contributed by atoms with Gasteiger partial charge in [0.15, 0.2) is 5.16 Å². The fourth-order valence-electron chi connectivity index (χ4n) is 2.03. The fourth-order valence-corrected chi connectivity index (χ4v) is 3.07. The van der Waals surface area contributed by atoms with Crippen molar-refractivity contribution in [2.45, 2.75) is 17.3 Å². The molecular formula is C16H13ClFN3OS. The Morgan fingerprint density at radius 1 is 1.35 bits per heavy atom. The van der Waals surface area contributed by atoms with Gasteiger partial charge in [-0.3, -0.25) is 4.79 Å². The molecule has 0 bridgehead atoms. The van der Waals surface area contributed by atoms with Crippen molar-refractivity contribution in [3.05, 3.63) is 53.3 Å². The summed E-state index contributed by atoms with van der Waals surface area (Å²) in [6.07, 6.45) is 0. The number of fused-ring (bicyclic) bond motifs is 1. The summed E-state index contributed by atoms with van der Waals surface area (Å²) in [7, 11) is 0. The number of nitrogens with one attached hydrogen (secondary N) is 2. The Kier molecular flexibility index (Phi) is 4.54. The van der Waals surface area contributed by atoms with Crippen molar-refractivity contribution in [3.63, 3.8) is 0 Å². The Hall–Kier alpha value is -2.05. The first-order chi connectivity index (χ1) is 11.0. The average Bonchev–Trinajstić information content (AvgIpc) is 2.92. The van der Waals surface area contributed by atoms with Crippen molar-refractivity contribution >= 4 is 46.0 Å². The number of carbonyl (C=O) groups excluding carboxylic acids is 1. The number of hydrogen-bond donors (Lipinski definition) is 2. The maximum Gasteiger partial charge on any atom is 0.237 e. The maximum absolute atomic E-state index is 13.0. The number of para-hydroxylation sites is 2. The van der Waals surface area contributed by atoms with Crippen LogP contribution in [0.15, 0.2) is 47.6 Å². The molecule has 1 atom stereocenters. The Bertz CT molecular complexity index is 834. The molecule has 2 N–H and O–H groups in total. The Balaban J connectivity index is 1.69. The summed E-state index contributed by atoms with van der Waals surface area (Å²) >= 11 is 7.22. The lowest BCUT2D eigenvalue weighted by Gasteiger charge is -2.11. The zero-order valence-electron chi connectivity index (χ0n) is 12.1. The average molecular weight is 350 g/mol. The second-order valence-electron chi connectivity index (χ2n) is 4.93. The molecule has 1 amide bonds. The van der Waals surface area contributed by atoms with Crippen LogP contribution in [0.3, 0.4) is 0 Å². The van der Waals surface area contributed by atoms with E-state index < -0.39 is 11.1 Å². The van der Waals surface area contributed by atoms with Gasteiger partial charge in [0, 0.05) is 0 Å². The van der Waals surface area contributed by atoms with E-state index in [9.17, 15) is 9.18 Å². The maximum atomic E-state index is 13.0. The molecule has 2 aromatic carbocycles. The van der Waals surface area contributed by atoms with Crippen LogP contribution in [-0.2, 0) is 4.79 Å². The molecule has 1 heterocycles. The topological polar surface area (TPSA) is 57.8 Å². The molecule has 1 aromatic heterocycles. The van der Waals surface area contributed by atoms with Crippen LogP contribution in [0.25, 0.3) is 11.0 Å². The van der Waals surface area contributed by atoms with Gasteiger partial charge in [-0.15, -0.1) is 0 Å². The van der Waals surface area contributed by atoms with E-state index in [1.165, 1.54) is 23.9 Å². The highest BCUT2D eigenvalue weighted by molar-refractivity contribution is 8.00. The third kappa shape index (κ3) is 3.65. The fraction of sp³-hybridized carbons (Fsp3) is 0.125. The van der Waals surface area contributed by atoms with Crippen molar-refractivity contribution in [1.82, 2.24) is 9.97 Å². The van der Waals surface area contributed by atoms with Crippen LogP contribution in [0.5, 0.6) is 0 Å². The van der Waals surface area contributed by atoms with E-state index in [1.54, 1.807) is 6.92 Å². The van der Waals surface area contributed by atoms with Gasteiger partial charge in [-0.05, 0) is 37.3 Å². The first-order valence-electron chi connectivity index (χ1n) is 6.90. The van der Waals surface area contributed by atoms with Crippen molar-refractivity contribution < 1.29 is 9.18 Å². The molecule has 3 aromatic rings. The predicted octanol–water partition coefficient (Wildman–Crippen LogP) is 4.47. The summed E-state index contributed by atoms with van der Waals surface area (Å²) in [6.45, 7) is 1.77. The molecule has 4 nitrogen and oxygen atoms in total. The zero-order valence-corrected chi connectivity index (χ0v) is 13.7. The number of imidazole rings is 1. The second-order valence-corrected chi connectivity index (χ2v) is 6.67. The minimum Gasteiger partial charge on any atom is -0.333 e. The molecule has 0 radical (unpaired) electrons. The smallest absolute Gasteiger partial charge is 0.237 e. The van der Waals surface area contributed by atoms with Crippen LogP contribution in [0.1, 0.15) is 6.92 Å². The molecule has 0 aliphatic heterocycles. The number of thioether (sulfide) groups is 1. The number of amides is 1. The molecule has 0 spiro atoms. The van der Waals surface area contributed by atoms with E-state index in [1.807, 2.05) is 24.3 Å². The zero-order chi connectivity index (χ0) is 16.4. The van der Waals surface area contributed by atoms with Crippen LogP contribution in [0.4, 0.5) is 10.1 Å². The normalized spacial score (nSPS) is 12.3. The van der Waals surface area contributed by atoms with Gasteiger partial charge >= 0.3 is 0 Å². The number of carbonyl (C=O) groups is 1. The van der Waals surface area contributed by atoms with Crippen LogP contribution < -0.4 is 5.32 Å². The van der Waals surface area contributed by atoms with Crippen LogP contribution >= 0.6 is 23.4 Å². The van der Waals surface area contributed by atoms with Crippen LogP contribution in [0, 0.1) is 5.82 Å². The molecule has 0 saturated heterocycles. The van der Waals surface area contributed by atoms with E-state index >= 15 is 0 Å². The Labute approximate surface area is 141 Å². The number of halogens is 2. The van der Waals surface area contributed by atoms with Crippen molar-refractivity contribution in [2.75, 3.05) is 5.32 Å². The highest BCUT2D eigenvalue weighted by atomic mass is 35.5. The second kappa shape index (κ2) is 6.60. The lowest BCUT2D eigenvalue weighted by Crippen LogP contribution is -2.22. The monoisotopic (exact) mass is 349 g/mol. The minimum absolute atomic E-state index is 0.166. The number of benzene rings is 2. The molecule has 3 rings (SSSR count). The lowest BCUT2D eigenvalue weighted by atomic mass is 10.3. The van der Waals surface area contributed by atoms with Gasteiger partial charge in [-0.25, -0.2) is 9.37 Å². The summed E-state index contributed by atoms with van der Waals surface area (Å²) in [6, 6.07) is 11.5. The highest BCUT2D eigenvalue weighted by Crippen LogP contribution is 2.26. The molecule has 23 heavy (non-hydrogen) atoms.